The first-order valence-electron chi connectivity index (χ1n) is 6.21. The van der Waals surface area contributed by atoms with Gasteiger partial charge in [0.05, 0.1) is 13.2 Å². The molecule has 3 heteroatoms. The van der Waals surface area contributed by atoms with Crippen LogP contribution in [0, 0.1) is 0 Å². The van der Waals surface area contributed by atoms with Crippen LogP contribution in [-0.2, 0) is 20.9 Å². The van der Waals surface area contributed by atoms with Crippen molar-refractivity contribution in [2.75, 3.05) is 6.61 Å². The summed E-state index contributed by atoms with van der Waals surface area (Å²) in [6, 6.07) is 10.1. The number of hydrogen-bond donors (Lipinski definition) is 0. The fraction of sp³-hybridized carbons (Fsp3) is 0.400. The van der Waals surface area contributed by atoms with Crippen LogP contribution in [-0.4, -0.2) is 18.7 Å². The van der Waals surface area contributed by atoms with E-state index in [1.165, 1.54) is 18.1 Å². The number of ether oxygens (including phenoxy) is 2. The zero-order valence-corrected chi connectivity index (χ0v) is 10.6. The average molecular weight is 246 g/mol. The van der Waals surface area contributed by atoms with Crippen molar-refractivity contribution in [3.8, 4) is 0 Å². The van der Waals surface area contributed by atoms with Crippen molar-refractivity contribution < 1.29 is 14.3 Å². The Morgan fingerprint density at radius 1 is 1.28 bits per heavy atom. The van der Waals surface area contributed by atoms with Gasteiger partial charge >= 0.3 is 5.97 Å². The standard InChI is InChI=1S/C15H18O3/c1-12(16)18-15-8-7-14(9-15)11-17-10-13-5-3-2-4-6-13/h2-7,15H,8-11H2,1H3/t15-/m1/s1. The van der Waals surface area contributed by atoms with Crippen molar-refractivity contribution in [3.05, 3.63) is 47.5 Å². The molecule has 18 heavy (non-hydrogen) atoms. The Balaban J connectivity index is 1.68. The highest BCUT2D eigenvalue weighted by atomic mass is 16.5. The molecule has 2 rings (SSSR count). The Morgan fingerprint density at radius 3 is 2.78 bits per heavy atom. The molecule has 0 heterocycles. The Labute approximate surface area is 107 Å². The van der Waals surface area contributed by atoms with Crippen LogP contribution < -0.4 is 0 Å². The second kappa shape index (κ2) is 6.36. The highest BCUT2D eigenvalue weighted by Crippen LogP contribution is 2.22. The lowest BCUT2D eigenvalue weighted by molar-refractivity contribution is -0.145. The summed E-state index contributed by atoms with van der Waals surface area (Å²) >= 11 is 0. The van der Waals surface area contributed by atoms with Crippen molar-refractivity contribution in [2.45, 2.75) is 32.5 Å². The lowest BCUT2D eigenvalue weighted by Crippen LogP contribution is -2.13. The van der Waals surface area contributed by atoms with Crippen LogP contribution in [0.3, 0.4) is 0 Å². The van der Waals surface area contributed by atoms with Gasteiger partial charge in [-0.1, -0.05) is 36.4 Å². The molecule has 1 aliphatic rings. The average Bonchev–Trinajstić information content (AvgIpc) is 2.77. The maximum Gasteiger partial charge on any atom is 0.302 e. The van der Waals surface area contributed by atoms with Gasteiger partial charge in [0.1, 0.15) is 6.10 Å². The molecule has 0 spiro atoms. The van der Waals surface area contributed by atoms with E-state index in [4.69, 9.17) is 9.47 Å². The molecule has 1 aromatic carbocycles. The minimum atomic E-state index is -0.208. The van der Waals surface area contributed by atoms with E-state index in [0.717, 1.165) is 12.8 Å². The van der Waals surface area contributed by atoms with Gasteiger partial charge in [0.2, 0.25) is 0 Å². The Bertz CT molecular complexity index is 423. The monoisotopic (exact) mass is 246 g/mol. The SMILES string of the molecule is CC(=O)O[C@@H]1CC=C(COCc2ccccc2)C1. The zero-order valence-electron chi connectivity index (χ0n) is 10.6. The van der Waals surface area contributed by atoms with E-state index in [2.05, 4.69) is 6.08 Å². The molecule has 0 saturated heterocycles. The molecule has 0 aliphatic heterocycles. The van der Waals surface area contributed by atoms with Crippen LogP contribution >= 0.6 is 0 Å². The number of rotatable bonds is 5. The van der Waals surface area contributed by atoms with E-state index in [0.29, 0.717) is 13.2 Å². The van der Waals surface area contributed by atoms with Crippen LogP contribution in [0.5, 0.6) is 0 Å². The number of carbonyl (C=O) groups excluding carboxylic acids is 1. The van der Waals surface area contributed by atoms with Crippen molar-refractivity contribution in [2.24, 2.45) is 0 Å². The van der Waals surface area contributed by atoms with E-state index in [9.17, 15) is 4.79 Å². The number of carbonyl (C=O) groups is 1. The molecule has 0 unspecified atom stereocenters. The van der Waals surface area contributed by atoms with E-state index in [1.54, 1.807) is 0 Å². The van der Waals surface area contributed by atoms with Gasteiger partial charge in [-0.15, -0.1) is 0 Å². The molecule has 0 saturated carbocycles. The topological polar surface area (TPSA) is 35.5 Å². The number of benzene rings is 1. The molecule has 0 radical (unpaired) electrons. The van der Waals surface area contributed by atoms with Crippen LogP contribution in [0.4, 0.5) is 0 Å². The maximum absolute atomic E-state index is 10.8. The summed E-state index contributed by atoms with van der Waals surface area (Å²) in [5.41, 5.74) is 2.39. The molecular formula is C15H18O3. The van der Waals surface area contributed by atoms with Crippen molar-refractivity contribution in [1.29, 1.82) is 0 Å². The predicted octanol–water partition coefficient (Wildman–Crippen LogP) is 2.86. The fourth-order valence-corrected chi connectivity index (χ4v) is 2.07. The lowest BCUT2D eigenvalue weighted by atomic mass is 10.2. The second-order valence-electron chi connectivity index (χ2n) is 4.51. The maximum atomic E-state index is 10.8. The predicted molar refractivity (Wildman–Crippen MR) is 69.0 cm³/mol. The van der Waals surface area contributed by atoms with E-state index in [-0.39, 0.29) is 12.1 Å². The van der Waals surface area contributed by atoms with Gasteiger partial charge in [0.25, 0.3) is 0 Å². The summed E-state index contributed by atoms with van der Waals surface area (Å²) in [6.45, 7) is 2.69. The normalized spacial score (nSPS) is 18.5. The second-order valence-corrected chi connectivity index (χ2v) is 4.51. The Hall–Kier alpha value is -1.61. The fourth-order valence-electron chi connectivity index (χ4n) is 2.07. The molecule has 0 amide bonds. The van der Waals surface area contributed by atoms with Gasteiger partial charge < -0.3 is 9.47 Å². The molecule has 0 bridgehead atoms. The highest BCUT2D eigenvalue weighted by Gasteiger charge is 2.19. The smallest absolute Gasteiger partial charge is 0.302 e. The lowest BCUT2D eigenvalue weighted by Gasteiger charge is -2.10. The van der Waals surface area contributed by atoms with Gasteiger partial charge in [0, 0.05) is 19.8 Å². The first kappa shape index (κ1) is 12.8. The summed E-state index contributed by atoms with van der Waals surface area (Å²) in [5.74, 6) is -0.208. The summed E-state index contributed by atoms with van der Waals surface area (Å²) in [6.07, 6.45) is 3.73. The van der Waals surface area contributed by atoms with E-state index < -0.39 is 0 Å². The molecule has 96 valence electrons. The van der Waals surface area contributed by atoms with Gasteiger partial charge in [-0.25, -0.2) is 0 Å². The van der Waals surface area contributed by atoms with E-state index >= 15 is 0 Å². The molecule has 1 aromatic rings. The minimum absolute atomic E-state index is 0.0119. The molecule has 0 fully saturated rings. The van der Waals surface area contributed by atoms with E-state index in [1.807, 2.05) is 30.3 Å². The van der Waals surface area contributed by atoms with Crippen molar-refractivity contribution in [1.82, 2.24) is 0 Å². The summed E-state index contributed by atoms with van der Waals surface area (Å²) in [5, 5.41) is 0. The third-order valence-electron chi connectivity index (χ3n) is 2.89. The molecule has 0 aromatic heterocycles. The van der Waals surface area contributed by atoms with Gasteiger partial charge in [0.15, 0.2) is 0 Å². The van der Waals surface area contributed by atoms with Crippen molar-refractivity contribution >= 4 is 5.97 Å². The number of hydrogen-bond acceptors (Lipinski definition) is 3. The molecule has 3 nitrogen and oxygen atoms in total. The van der Waals surface area contributed by atoms with Gasteiger partial charge in [-0.3, -0.25) is 4.79 Å². The molecule has 0 N–H and O–H groups in total. The third-order valence-corrected chi connectivity index (χ3v) is 2.89. The summed E-state index contributed by atoms with van der Waals surface area (Å²) < 4.78 is 10.8. The molecular weight excluding hydrogens is 228 g/mol. The van der Waals surface area contributed by atoms with Crippen LogP contribution in [0.1, 0.15) is 25.3 Å². The highest BCUT2D eigenvalue weighted by molar-refractivity contribution is 5.66. The van der Waals surface area contributed by atoms with Crippen LogP contribution in [0.15, 0.2) is 42.0 Å². The van der Waals surface area contributed by atoms with Gasteiger partial charge in [-0.05, 0) is 11.1 Å². The van der Waals surface area contributed by atoms with Crippen molar-refractivity contribution in [3.63, 3.8) is 0 Å². The summed E-state index contributed by atoms with van der Waals surface area (Å²) in [4.78, 5) is 10.8. The first-order chi connectivity index (χ1) is 8.74. The number of esters is 1. The molecule has 1 atom stereocenters. The third kappa shape index (κ3) is 4.00. The van der Waals surface area contributed by atoms with Crippen LogP contribution in [0.25, 0.3) is 0 Å². The Morgan fingerprint density at radius 2 is 2.06 bits per heavy atom. The zero-order chi connectivity index (χ0) is 12.8. The first-order valence-corrected chi connectivity index (χ1v) is 6.21. The summed E-state index contributed by atoms with van der Waals surface area (Å²) in [7, 11) is 0. The molecule has 1 aliphatic carbocycles. The Kier molecular flexibility index (Phi) is 4.53. The van der Waals surface area contributed by atoms with Crippen LogP contribution in [0.2, 0.25) is 0 Å². The van der Waals surface area contributed by atoms with Gasteiger partial charge in [-0.2, -0.15) is 0 Å². The quantitative estimate of drug-likeness (QED) is 0.592. The minimum Gasteiger partial charge on any atom is -0.462 e. The largest absolute Gasteiger partial charge is 0.462 e.